The smallest absolute Gasteiger partial charge is 0.236 e. The van der Waals surface area contributed by atoms with Crippen molar-refractivity contribution in [2.45, 2.75) is 5.75 Å². The zero-order chi connectivity index (χ0) is 19.2. The molecule has 0 aliphatic carbocycles. The van der Waals surface area contributed by atoms with Gasteiger partial charge in [-0.3, -0.25) is 10.1 Å². The number of hydrogen-bond acceptors (Lipinski definition) is 6. The summed E-state index contributed by atoms with van der Waals surface area (Å²) in [5.74, 6) is 1.55. The fraction of sp³-hybridized carbons (Fsp3) is 0.167. The van der Waals surface area contributed by atoms with Gasteiger partial charge in [-0.1, -0.05) is 40.6 Å². The van der Waals surface area contributed by atoms with E-state index in [0.717, 1.165) is 21.9 Å². The highest BCUT2D eigenvalue weighted by atomic mass is 35.5. The molecule has 5 nitrogen and oxygen atoms in total. The van der Waals surface area contributed by atoms with Crippen LogP contribution in [0.2, 0.25) is 10.0 Å². The molecule has 0 fully saturated rings. The van der Waals surface area contributed by atoms with E-state index in [2.05, 4.69) is 15.5 Å². The first-order valence-electron chi connectivity index (χ1n) is 7.84. The molecule has 27 heavy (non-hydrogen) atoms. The minimum Gasteiger partial charge on any atom is -0.497 e. The molecule has 9 heteroatoms. The lowest BCUT2D eigenvalue weighted by Crippen LogP contribution is -2.14. The predicted octanol–water partition coefficient (Wildman–Crippen LogP) is 5.39. The Bertz CT molecular complexity index is 933. The average Bonchev–Trinajstić information content (AvgIpc) is 3.12. The van der Waals surface area contributed by atoms with E-state index in [9.17, 15) is 4.79 Å². The van der Waals surface area contributed by atoms with E-state index >= 15 is 0 Å². The van der Waals surface area contributed by atoms with Gasteiger partial charge in [0.05, 0.1) is 12.9 Å². The van der Waals surface area contributed by atoms with Gasteiger partial charge in [0.15, 0.2) is 0 Å². The predicted molar refractivity (Wildman–Crippen MR) is 113 cm³/mol. The van der Waals surface area contributed by atoms with Crippen molar-refractivity contribution in [3.05, 3.63) is 58.1 Å². The molecule has 0 aliphatic rings. The molecule has 0 aliphatic heterocycles. The van der Waals surface area contributed by atoms with Gasteiger partial charge in [0.25, 0.3) is 0 Å². The number of carbonyl (C=O) groups is 1. The summed E-state index contributed by atoms with van der Waals surface area (Å²) in [5, 5.41) is 13.3. The van der Waals surface area contributed by atoms with Gasteiger partial charge in [-0.25, -0.2) is 0 Å². The summed E-state index contributed by atoms with van der Waals surface area (Å²) >= 11 is 14.8. The minimum absolute atomic E-state index is 0.137. The van der Waals surface area contributed by atoms with Crippen molar-refractivity contribution in [2.24, 2.45) is 0 Å². The standard InChI is InChI=1S/C18H15Cl2N3O2S2/c1-25-14-6-3-11(4-7-14)17-22-23-18(27-17)21-16(24)10-26-9-12-2-5-13(19)8-15(12)20/h2-8H,9-10H2,1H3,(H,21,23,24). The van der Waals surface area contributed by atoms with Gasteiger partial charge >= 0.3 is 0 Å². The van der Waals surface area contributed by atoms with Gasteiger partial charge in [0.2, 0.25) is 11.0 Å². The van der Waals surface area contributed by atoms with E-state index in [-0.39, 0.29) is 11.7 Å². The molecule has 3 rings (SSSR count). The first kappa shape index (κ1) is 19.9. The van der Waals surface area contributed by atoms with Gasteiger partial charge < -0.3 is 4.74 Å². The topological polar surface area (TPSA) is 64.1 Å². The van der Waals surface area contributed by atoms with Crippen molar-refractivity contribution in [3.63, 3.8) is 0 Å². The van der Waals surface area contributed by atoms with Crippen LogP contribution in [-0.2, 0) is 10.5 Å². The van der Waals surface area contributed by atoms with Crippen LogP contribution in [0.15, 0.2) is 42.5 Å². The van der Waals surface area contributed by atoms with E-state index in [1.54, 1.807) is 19.2 Å². The number of ether oxygens (including phenoxy) is 1. The number of thioether (sulfide) groups is 1. The summed E-state index contributed by atoms with van der Waals surface area (Å²) in [5.41, 5.74) is 1.86. The number of aromatic nitrogens is 2. The molecule has 1 aromatic heterocycles. The third-order valence-corrected chi connectivity index (χ3v) is 5.97. The van der Waals surface area contributed by atoms with Gasteiger partial charge in [-0.15, -0.1) is 22.0 Å². The number of methoxy groups -OCH3 is 1. The Morgan fingerprint density at radius 2 is 1.96 bits per heavy atom. The van der Waals surface area contributed by atoms with E-state index in [1.807, 2.05) is 30.3 Å². The summed E-state index contributed by atoms with van der Waals surface area (Å²) in [6, 6.07) is 12.8. The SMILES string of the molecule is COc1ccc(-c2nnc(NC(=O)CSCc3ccc(Cl)cc3Cl)s2)cc1. The van der Waals surface area contributed by atoms with Gasteiger partial charge in [-0.2, -0.15) is 0 Å². The Labute approximate surface area is 175 Å². The highest BCUT2D eigenvalue weighted by Gasteiger charge is 2.10. The molecular formula is C18H15Cl2N3O2S2. The largest absolute Gasteiger partial charge is 0.497 e. The van der Waals surface area contributed by atoms with Crippen molar-refractivity contribution in [3.8, 4) is 16.3 Å². The zero-order valence-electron chi connectivity index (χ0n) is 14.2. The van der Waals surface area contributed by atoms with E-state index < -0.39 is 0 Å². The monoisotopic (exact) mass is 439 g/mol. The molecule has 0 saturated carbocycles. The molecule has 0 bridgehead atoms. The van der Waals surface area contributed by atoms with Crippen molar-refractivity contribution in [2.75, 3.05) is 18.2 Å². The number of halogens is 2. The summed E-state index contributed by atoms with van der Waals surface area (Å²) in [6.45, 7) is 0. The lowest BCUT2D eigenvalue weighted by molar-refractivity contribution is -0.113. The minimum atomic E-state index is -0.137. The van der Waals surface area contributed by atoms with Gasteiger partial charge in [-0.05, 0) is 42.0 Å². The summed E-state index contributed by atoms with van der Waals surface area (Å²) < 4.78 is 5.14. The summed E-state index contributed by atoms with van der Waals surface area (Å²) in [6.07, 6.45) is 0. The van der Waals surface area contributed by atoms with E-state index in [4.69, 9.17) is 27.9 Å². The Morgan fingerprint density at radius 1 is 1.19 bits per heavy atom. The maximum absolute atomic E-state index is 12.1. The number of rotatable bonds is 7. The lowest BCUT2D eigenvalue weighted by atomic mass is 10.2. The Hall–Kier alpha value is -1.80. The molecule has 0 saturated heterocycles. The number of amides is 1. The van der Waals surface area contributed by atoms with E-state index in [1.165, 1.54) is 23.1 Å². The highest BCUT2D eigenvalue weighted by Crippen LogP contribution is 2.28. The average molecular weight is 440 g/mol. The molecule has 0 unspecified atom stereocenters. The molecule has 3 aromatic rings. The second kappa shape index (κ2) is 9.41. The first-order chi connectivity index (χ1) is 13.0. The maximum Gasteiger partial charge on any atom is 0.236 e. The Kier molecular flexibility index (Phi) is 6.95. The van der Waals surface area contributed by atoms with Crippen LogP contribution in [0.3, 0.4) is 0 Å². The second-order valence-corrected chi connectivity index (χ2v) is 8.22. The molecule has 1 heterocycles. The van der Waals surface area contributed by atoms with Crippen molar-refractivity contribution in [1.29, 1.82) is 0 Å². The number of nitrogens with one attached hydrogen (secondary N) is 1. The first-order valence-corrected chi connectivity index (χ1v) is 10.6. The quantitative estimate of drug-likeness (QED) is 0.534. The van der Waals surface area contributed by atoms with Crippen LogP contribution < -0.4 is 10.1 Å². The summed E-state index contributed by atoms with van der Waals surface area (Å²) in [4.78, 5) is 12.1. The van der Waals surface area contributed by atoms with Crippen LogP contribution in [0.4, 0.5) is 5.13 Å². The van der Waals surface area contributed by atoms with Gasteiger partial charge in [0, 0.05) is 21.4 Å². The van der Waals surface area contributed by atoms with Gasteiger partial charge in [0.1, 0.15) is 10.8 Å². The fourth-order valence-corrected chi connectivity index (χ4v) is 4.32. The van der Waals surface area contributed by atoms with Crippen LogP contribution in [0.1, 0.15) is 5.56 Å². The van der Waals surface area contributed by atoms with Crippen molar-refractivity contribution in [1.82, 2.24) is 10.2 Å². The van der Waals surface area contributed by atoms with Crippen LogP contribution in [-0.4, -0.2) is 29.0 Å². The molecule has 1 amide bonds. The third kappa shape index (κ3) is 5.59. The van der Waals surface area contributed by atoms with Crippen LogP contribution in [0.5, 0.6) is 5.75 Å². The number of nitrogens with zero attached hydrogens (tertiary/aromatic N) is 2. The molecule has 140 valence electrons. The molecule has 0 atom stereocenters. The van der Waals surface area contributed by atoms with Crippen molar-refractivity contribution >= 4 is 57.3 Å². The number of anilines is 1. The van der Waals surface area contributed by atoms with E-state index in [0.29, 0.717) is 20.9 Å². The molecule has 0 radical (unpaired) electrons. The normalized spacial score (nSPS) is 10.6. The van der Waals surface area contributed by atoms with Crippen LogP contribution in [0.25, 0.3) is 10.6 Å². The Morgan fingerprint density at radius 3 is 2.67 bits per heavy atom. The number of carbonyl (C=O) groups excluding carboxylic acids is 1. The molecular weight excluding hydrogens is 425 g/mol. The lowest BCUT2D eigenvalue weighted by Gasteiger charge is -2.04. The second-order valence-electron chi connectivity index (χ2n) is 5.42. The number of benzene rings is 2. The molecule has 2 aromatic carbocycles. The fourth-order valence-electron chi connectivity index (χ4n) is 2.17. The zero-order valence-corrected chi connectivity index (χ0v) is 17.4. The highest BCUT2D eigenvalue weighted by molar-refractivity contribution is 7.99. The van der Waals surface area contributed by atoms with Crippen LogP contribution >= 0.6 is 46.3 Å². The van der Waals surface area contributed by atoms with Crippen molar-refractivity contribution < 1.29 is 9.53 Å². The molecule has 0 spiro atoms. The Balaban J connectivity index is 1.51. The summed E-state index contributed by atoms with van der Waals surface area (Å²) in [7, 11) is 1.62. The molecule has 1 N–H and O–H groups in total. The third-order valence-electron chi connectivity index (χ3n) is 3.51. The van der Waals surface area contributed by atoms with Crippen LogP contribution in [0, 0.1) is 0 Å². The maximum atomic E-state index is 12.1. The number of hydrogen-bond donors (Lipinski definition) is 1.